The van der Waals surface area contributed by atoms with Crippen LogP contribution < -0.4 is 0 Å². The summed E-state index contributed by atoms with van der Waals surface area (Å²) in [6.45, 7) is 3.51. The molecular weight excluding hydrogens is 627 g/mol. The Balaban J connectivity index is 4.06. The van der Waals surface area contributed by atoms with Crippen molar-refractivity contribution in [2.24, 2.45) is 0 Å². The number of rotatable bonds is 33. The van der Waals surface area contributed by atoms with Crippen molar-refractivity contribution in [2.45, 2.75) is 174 Å². The molecule has 8 nitrogen and oxygen atoms in total. The van der Waals surface area contributed by atoms with Gasteiger partial charge in [-0.05, 0) is 101 Å². The predicted octanol–water partition coefficient (Wildman–Crippen LogP) is 10.9. The van der Waals surface area contributed by atoms with E-state index in [1.165, 1.54) is 32.1 Å². The van der Waals surface area contributed by atoms with Crippen molar-refractivity contribution < 1.29 is 37.9 Å². The zero-order valence-electron chi connectivity index (χ0n) is 30.2. The average Bonchev–Trinajstić information content (AvgIpc) is 3.05. The Morgan fingerprint density at radius 2 is 1.08 bits per heavy atom. The van der Waals surface area contributed by atoms with E-state index in [9.17, 15) is 14.2 Å². The first-order valence-electron chi connectivity index (χ1n) is 18.8. The van der Waals surface area contributed by atoms with E-state index >= 15 is 0 Å². The molecular formula is C39H67O8P. The lowest BCUT2D eigenvalue weighted by molar-refractivity contribution is -0.161. The summed E-state index contributed by atoms with van der Waals surface area (Å²) in [5, 5.41) is 0. The maximum atomic E-state index is 12.3. The Kier molecular flexibility index (Phi) is 33.1. The molecule has 0 spiro atoms. The maximum Gasteiger partial charge on any atom is 0.469 e. The van der Waals surface area contributed by atoms with Gasteiger partial charge in [-0.25, -0.2) is 4.57 Å². The lowest BCUT2D eigenvalue weighted by Gasteiger charge is -2.18. The van der Waals surface area contributed by atoms with Crippen LogP contribution in [0.25, 0.3) is 0 Å². The van der Waals surface area contributed by atoms with Crippen LogP contribution in [-0.2, 0) is 28.2 Å². The SMILES string of the molecule is CC/C=C/CCCC=C=CCCCCCCCC(=O)OC(COC(=O)CCCCCCCC=C=CCCCCCCC)COP(=O)(O)O. The van der Waals surface area contributed by atoms with Crippen LogP contribution in [0, 0.1) is 0 Å². The van der Waals surface area contributed by atoms with E-state index in [0.29, 0.717) is 12.8 Å². The number of unbranched alkanes of at least 4 members (excludes halogenated alkanes) is 17. The molecule has 0 saturated heterocycles. The third-order valence-corrected chi connectivity index (χ3v) is 8.15. The third-order valence-electron chi connectivity index (χ3n) is 7.66. The highest BCUT2D eigenvalue weighted by molar-refractivity contribution is 7.46. The van der Waals surface area contributed by atoms with Crippen LogP contribution in [0.2, 0.25) is 0 Å². The van der Waals surface area contributed by atoms with Crippen molar-refractivity contribution in [1.29, 1.82) is 0 Å². The van der Waals surface area contributed by atoms with E-state index in [2.05, 4.69) is 66.3 Å². The van der Waals surface area contributed by atoms with Crippen LogP contribution in [0.1, 0.15) is 168 Å². The van der Waals surface area contributed by atoms with Gasteiger partial charge in [0.2, 0.25) is 0 Å². The first-order valence-corrected chi connectivity index (χ1v) is 20.3. The summed E-state index contributed by atoms with van der Waals surface area (Å²) < 4.78 is 26.3. The molecule has 0 aromatic heterocycles. The largest absolute Gasteiger partial charge is 0.469 e. The van der Waals surface area contributed by atoms with Crippen molar-refractivity contribution in [2.75, 3.05) is 13.2 Å². The molecule has 0 amide bonds. The first kappa shape index (κ1) is 45.8. The quantitative estimate of drug-likeness (QED) is 0.0229. The lowest BCUT2D eigenvalue weighted by atomic mass is 10.1. The highest BCUT2D eigenvalue weighted by atomic mass is 31.2. The van der Waals surface area contributed by atoms with E-state index in [-0.39, 0.29) is 19.4 Å². The van der Waals surface area contributed by atoms with E-state index in [1.54, 1.807) is 0 Å². The Labute approximate surface area is 292 Å². The second-order valence-electron chi connectivity index (χ2n) is 12.4. The van der Waals surface area contributed by atoms with Gasteiger partial charge < -0.3 is 19.3 Å². The summed E-state index contributed by atoms with van der Waals surface area (Å²) in [6.07, 6.45) is 35.7. The summed E-state index contributed by atoms with van der Waals surface area (Å²) >= 11 is 0. The van der Waals surface area contributed by atoms with Crippen LogP contribution in [-0.4, -0.2) is 41.0 Å². The lowest BCUT2D eigenvalue weighted by Crippen LogP contribution is -2.29. The van der Waals surface area contributed by atoms with Crippen molar-refractivity contribution in [3.8, 4) is 0 Å². The fraction of sp³-hybridized carbons (Fsp3) is 0.744. The summed E-state index contributed by atoms with van der Waals surface area (Å²) in [5.41, 5.74) is 6.53. The molecule has 0 rings (SSSR count). The monoisotopic (exact) mass is 694 g/mol. The summed E-state index contributed by atoms with van der Waals surface area (Å²) in [4.78, 5) is 42.7. The summed E-state index contributed by atoms with van der Waals surface area (Å²) in [7, 11) is -4.76. The van der Waals surface area contributed by atoms with Crippen LogP contribution in [0.5, 0.6) is 0 Å². The Morgan fingerprint density at radius 3 is 1.60 bits per heavy atom. The van der Waals surface area contributed by atoms with Crippen molar-refractivity contribution in [1.82, 2.24) is 0 Å². The van der Waals surface area contributed by atoms with Gasteiger partial charge in [0, 0.05) is 12.8 Å². The van der Waals surface area contributed by atoms with Gasteiger partial charge in [0.1, 0.15) is 6.61 Å². The van der Waals surface area contributed by atoms with Gasteiger partial charge in [0.15, 0.2) is 6.10 Å². The number of phosphoric ester groups is 1. The van der Waals surface area contributed by atoms with Crippen LogP contribution in [0.15, 0.2) is 47.9 Å². The number of allylic oxidation sites excluding steroid dienone is 4. The Bertz CT molecular complexity index is 986. The zero-order chi connectivity index (χ0) is 35.4. The van der Waals surface area contributed by atoms with E-state index in [0.717, 1.165) is 96.3 Å². The first-order chi connectivity index (χ1) is 23.3. The average molecular weight is 695 g/mol. The Hall–Kier alpha value is -2.17. The number of hydrogen-bond acceptors (Lipinski definition) is 6. The number of carbonyl (C=O) groups is 2. The normalized spacial score (nSPS) is 11.8. The number of hydrogen-bond donors (Lipinski definition) is 2. The second kappa shape index (κ2) is 34.7. The molecule has 0 aliphatic rings. The molecule has 0 fully saturated rings. The van der Waals surface area contributed by atoms with Crippen molar-refractivity contribution in [3.63, 3.8) is 0 Å². The number of esters is 2. The molecule has 0 aromatic carbocycles. The maximum absolute atomic E-state index is 12.3. The molecule has 48 heavy (non-hydrogen) atoms. The van der Waals surface area contributed by atoms with E-state index in [4.69, 9.17) is 19.3 Å². The van der Waals surface area contributed by atoms with Gasteiger partial charge in [-0.2, -0.15) is 0 Å². The van der Waals surface area contributed by atoms with Gasteiger partial charge in [-0.3, -0.25) is 14.1 Å². The summed E-state index contributed by atoms with van der Waals surface area (Å²) in [6, 6.07) is 0. The summed E-state index contributed by atoms with van der Waals surface area (Å²) in [5.74, 6) is -0.934. The minimum absolute atomic E-state index is 0.182. The molecule has 276 valence electrons. The van der Waals surface area contributed by atoms with Crippen LogP contribution in [0.4, 0.5) is 0 Å². The zero-order valence-corrected chi connectivity index (χ0v) is 31.1. The van der Waals surface area contributed by atoms with Crippen molar-refractivity contribution >= 4 is 19.8 Å². The second-order valence-corrected chi connectivity index (χ2v) is 13.6. The van der Waals surface area contributed by atoms with Crippen LogP contribution >= 0.6 is 7.82 Å². The molecule has 0 heterocycles. The molecule has 2 N–H and O–H groups in total. The molecule has 0 aromatic rings. The molecule has 0 aliphatic heterocycles. The fourth-order valence-corrected chi connectivity index (χ4v) is 5.22. The van der Waals surface area contributed by atoms with Gasteiger partial charge in [-0.1, -0.05) is 90.2 Å². The Morgan fingerprint density at radius 1 is 0.604 bits per heavy atom. The molecule has 0 aliphatic carbocycles. The topological polar surface area (TPSA) is 119 Å². The number of phosphoric acid groups is 1. The highest BCUT2D eigenvalue weighted by Crippen LogP contribution is 2.36. The minimum atomic E-state index is -4.76. The number of ether oxygens (including phenoxy) is 2. The van der Waals surface area contributed by atoms with Crippen molar-refractivity contribution in [3.05, 3.63) is 47.9 Å². The molecule has 1 unspecified atom stereocenters. The molecule has 0 radical (unpaired) electrons. The highest BCUT2D eigenvalue weighted by Gasteiger charge is 2.22. The molecule has 9 heteroatoms. The standard InChI is InChI=1S/C39H67O8P/c1-3-5-7-9-11-13-15-17-19-21-23-25-27-29-31-33-38(40)45-35-37(36-46-48(42,43)44)47-39(41)34-32-30-28-26-24-22-20-18-16-14-12-10-8-6-4-2/h6,8,15-16,19-20,37H,3-5,7,9-14,21-36H2,1-2H3,(H2,42,43,44)/b8-6+. The fourth-order valence-electron chi connectivity index (χ4n) is 4.86. The van der Waals surface area contributed by atoms with E-state index < -0.39 is 32.5 Å². The smallest absolute Gasteiger partial charge is 0.462 e. The predicted molar refractivity (Wildman–Crippen MR) is 195 cm³/mol. The van der Waals surface area contributed by atoms with Gasteiger partial charge in [0.25, 0.3) is 0 Å². The molecule has 1 atom stereocenters. The third kappa shape index (κ3) is 36.7. The molecule has 0 saturated carbocycles. The minimum Gasteiger partial charge on any atom is -0.462 e. The van der Waals surface area contributed by atoms with Gasteiger partial charge >= 0.3 is 19.8 Å². The molecule has 0 bridgehead atoms. The van der Waals surface area contributed by atoms with Gasteiger partial charge in [0.05, 0.1) is 6.61 Å². The van der Waals surface area contributed by atoms with Crippen LogP contribution in [0.3, 0.4) is 0 Å². The number of carbonyl (C=O) groups excluding carboxylic acids is 2. The van der Waals surface area contributed by atoms with E-state index in [1.807, 2.05) is 0 Å². The van der Waals surface area contributed by atoms with Gasteiger partial charge in [-0.15, -0.1) is 11.5 Å².